The minimum absolute atomic E-state index is 0. The Morgan fingerprint density at radius 3 is 1.34 bits per heavy atom. The summed E-state index contributed by atoms with van der Waals surface area (Å²) in [6.45, 7) is 0. The van der Waals surface area contributed by atoms with Gasteiger partial charge in [-0.2, -0.15) is 16.8 Å². The molecule has 0 aliphatic rings. The SMILES string of the molecule is CNP(N)(=O)NP(=O)(NC)NP(=O)(NC)NC.C[N-]P([NH-])(=O)NP(=O)([N-]P(N)(=O)N(C)C)NC.N.[Li+].[Li+].[Li+]. The number of hydrogen-bond donors (Lipinski definition) is 11. The third-order valence-electron chi connectivity index (χ3n) is 3.53. The Balaban J connectivity index is -0.000000122. The number of nitrogens with one attached hydrogen (secondary N) is 9. The summed E-state index contributed by atoms with van der Waals surface area (Å²) in [4.78, 5) is 9.88. The quantitative estimate of drug-likeness (QED) is 0.0579. The van der Waals surface area contributed by atoms with Crippen molar-refractivity contribution in [3.8, 4) is 0 Å². The molecule has 16 N–H and O–H groups in total. The Morgan fingerprint density at radius 2 is 1.08 bits per heavy atom. The summed E-state index contributed by atoms with van der Waals surface area (Å²) < 4.78 is 72.1. The fourth-order valence-corrected chi connectivity index (χ4v) is 12.6. The van der Waals surface area contributed by atoms with Crippen LogP contribution in [0.1, 0.15) is 0 Å². The molecule has 0 saturated heterocycles. The summed E-state index contributed by atoms with van der Waals surface area (Å²) in [6.07, 6.45) is 0. The Hall–Kier alpha value is 2.57. The molecule has 38 heavy (non-hydrogen) atoms. The van der Waals surface area contributed by atoms with Gasteiger partial charge in [-0.25, -0.2) is 25.2 Å². The summed E-state index contributed by atoms with van der Waals surface area (Å²) in [5.41, 5.74) is 17.9. The summed E-state index contributed by atoms with van der Waals surface area (Å²) in [6, 6.07) is 0. The van der Waals surface area contributed by atoms with Gasteiger partial charge in [-0.3, -0.25) is 34.5 Å². The second-order valence-corrected chi connectivity index (χ2v) is 20.0. The van der Waals surface area contributed by atoms with Crippen molar-refractivity contribution in [2.75, 3.05) is 56.4 Å². The Bertz CT molecular complexity index is 885. The first-order valence-corrected chi connectivity index (χ1v) is 19.1. The number of hydrogen-bond acceptors (Lipinski definition) is 7. The molecule has 0 heterocycles. The maximum atomic E-state index is 12.2. The molecule has 216 valence electrons. The molecule has 0 rings (SSSR count). The zero-order valence-corrected chi connectivity index (χ0v) is 29.2. The van der Waals surface area contributed by atoms with E-state index in [4.69, 9.17) is 16.5 Å². The van der Waals surface area contributed by atoms with E-state index in [9.17, 15) is 27.4 Å². The Kier molecular flexibility index (Phi) is 31.0. The summed E-state index contributed by atoms with van der Waals surface area (Å²) in [5, 5.41) is 15.0. The smallest absolute Gasteiger partial charge is 0.622 e. The van der Waals surface area contributed by atoms with Crippen LogP contribution in [0.2, 0.25) is 0 Å². The fourth-order valence-electron chi connectivity index (χ4n) is 1.40. The van der Waals surface area contributed by atoms with Crippen LogP contribution in [-0.2, 0) is 27.4 Å². The van der Waals surface area contributed by atoms with E-state index in [1.807, 2.05) is 4.86 Å². The molecule has 0 saturated carbocycles. The molecule has 0 aromatic rings. The first-order valence-electron chi connectivity index (χ1n) is 8.94. The van der Waals surface area contributed by atoms with Gasteiger partial charge in [-0.15, -0.1) is 0 Å². The monoisotopic (exact) mass is 649 g/mol. The molecule has 0 aromatic carbocycles. The molecule has 0 bridgehead atoms. The Morgan fingerprint density at radius 1 is 0.684 bits per heavy atom. The fraction of sp³-hybridized carbons (Fsp3) is 1.00. The molecule has 0 radical (unpaired) electrons. The minimum atomic E-state index is -3.92. The molecule has 0 aromatic heterocycles. The van der Waals surface area contributed by atoms with Gasteiger partial charge in [-0.05, 0) is 56.9 Å². The van der Waals surface area contributed by atoms with Crippen molar-refractivity contribution in [1.29, 1.82) is 0 Å². The molecule has 30 heteroatoms. The van der Waals surface area contributed by atoms with Crippen molar-refractivity contribution in [2.45, 2.75) is 0 Å². The van der Waals surface area contributed by atoms with Gasteiger partial charge in [-0.1, -0.05) is 0 Å². The van der Waals surface area contributed by atoms with Crippen molar-refractivity contribution in [3.05, 3.63) is 15.4 Å². The van der Waals surface area contributed by atoms with E-state index in [0.29, 0.717) is 0 Å². The molecule has 5 atom stereocenters. The van der Waals surface area contributed by atoms with Crippen LogP contribution in [0.4, 0.5) is 0 Å². The predicted octanol–water partition coefficient (Wildman–Crippen LogP) is -7.43. The minimum Gasteiger partial charge on any atom is -0.622 e. The van der Waals surface area contributed by atoms with Gasteiger partial charge in [0.15, 0.2) is 0 Å². The van der Waals surface area contributed by atoms with Gasteiger partial charge in [0, 0.05) is 0 Å². The van der Waals surface area contributed by atoms with E-state index in [1.54, 1.807) is 0 Å². The van der Waals surface area contributed by atoms with Crippen LogP contribution in [-0.4, -0.2) is 61.1 Å². The van der Waals surface area contributed by atoms with E-state index in [1.165, 1.54) is 49.3 Å². The normalized spacial score (nSPS) is 18.9. The molecule has 5 unspecified atom stereocenters. The summed E-state index contributed by atoms with van der Waals surface area (Å²) >= 11 is 0. The van der Waals surface area contributed by atoms with E-state index in [2.05, 4.69) is 45.1 Å². The second kappa shape index (κ2) is 22.1. The van der Waals surface area contributed by atoms with Crippen LogP contribution < -0.4 is 114 Å². The molecule has 0 aliphatic heterocycles. The number of nitrogens with zero attached hydrogens (tertiary/aromatic N) is 3. The van der Waals surface area contributed by atoms with Gasteiger partial charge in [0.1, 0.15) is 15.2 Å². The van der Waals surface area contributed by atoms with Crippen LogP contribution >= 0.6 is 45.6 Å². The van der Waals surface area contributed by atoms with Gasteiger partial charge >= 0.3 is 56.6 Å². The summed E-state index contributed by atoms with van der Waals surface area (Å²) in [5.74, 6) is 0. The van der Waals surface area contributed by atoms with Crippen molar-refractivity contribution in [2.24, 2.45) is 11.0 Å². The van der Waals surface area contributed by atoms with Crippen molar-refractivity contribution in [3.63, 3.8) is 0 Å². The van der Waals surface area contributed by atoms with Gasteiger partial charge < -0.3 is 35.3 Å². The van der Waals surface area contributed by atoms with Crippen LogP contribution in [0.5, 0.6) is 0 Å². The van der Waals surface area contributed by atoms with Gasteiger partial charge in [0.05, 0.1) is 0 Å². The zero-order chi connectivity index (χ0) is 27.6. The molecule has 0 spiro atoms. The molecule has 0 fully saturated rings. The first-order chi connectivity index (χ1) is 15.1. The summed E-state index contributed by atoms with van der Waals surface area (Å²) in [7, 11) is -11.1. The molecule has 0 aliphatic carbocycles. The van der Waals surface area contributed by atoms with Gasteiger partial charge in [0.25, 0.3) is 22.8 Å². The molecule has 21 nitrogen and oxygen atoms in total. The van der Waals surface area contributed by atoms with Gasteiger partial charge in [0.2, 0.25) is 0 Å². The largest absolute Gasteiger partial charge is 1.00 e. The van der Waals surface area contributed by atoms with E-state index in [-0.39, 0.29) is 62.7 Å². The first kappa shape index (κ1) is 53.2. The average Bonchev–Trinajstić information content (AvgIpc) is 2.72. The van der Waals surface area contributed by atoms with Crippen LogP contribution in [0.25, 0.3) is 15.4 Å². The third-order valence-corrected chi connectivity index (χ3v) is 17.2. The molecule has 0 amide bonds. The predicted molar refractivity (Wildman–Crippen MR) is 144 cm³/mol. The second-order valence-electron chi connectivity index (χ2n) is 6.17. The molecular formula is C8H40Li3N15O6P6. The maximum Gasteiger partial charge on any atom is 1.00 e. The number of rotatable bonds is 15. The maximum absolute atomic E-state index is 12.2. The van der Waals surface area contributed by atoms with Crippen molar-refractivity contribution < 1.29 is 84.0 Å². The van der Waals surface area contributed by atoms with Crippen LogP contribution in [0.3, 0.4) is 0 Å². The van der Waals surface area contributed by atoms with Crippen LogP contribution in [0, 0.1) is 0 Å². The standard InChI is InChI=1S/C4H17N7O3P3.C4H20N7O3P3.3Li.H3N/c1-7-15(5,12)9-17(14,8-2)10-16(6,13)11(3)4;1-6-15(5,12)10-17(14,9-4)11-16(13,7-2)8-3;;;;/h1-4H3,(H5-3,5,6,7,8,9,10,12,13,14);1-4H3,(H8,5,6,7,8,9,10,11,12,13,14);;;;1H3/q-3;;3*+1;. The van der Waals surface area contributed by atoms with Crippen molar-refractivity contribution in [1.82, 2.24) is 50.8 Å². The topological polar surface area (TPSA) is 341 Å². The Labute approximate surface area is 261 Å². The van der Waals surface area contributed by atoms with Crippen LogP contribution in [0.15, 0.2) is 0 Å². The van der Waals surface area contributed by atoms with E-state index in [0.717, 1.165) is 11.7 Å². The van der Waals surface area contributed by atoms with Crippen molar-refractivity contribution >= 4 is 45.6 Å². The zero-order valence-electron chi connectivity index (χ0n) is 23.8. The van der Waals surface area contributed by atoms with E-state index < -0.39 is 45.6 Å². The average molecular weight is 649 g/mol. The van der Waals surface area contributed by atoms with E-state index >= 15 is 0 Å². The third kappa shape index (κ3) is 21.3. The molecular weight excluding hydrogens is 609 g/mol. The number of nitrogens with two attached hydrogens (primary N) is 2.